The number of pyridine rings is 1. The molecule has 0 aliphatic carbocycles. The molecule has 92 valence electrons. The first-order chi connectivity index (χ1) is 8.24. The summed E-state index contributed by atoms with van der Waals surface area (Å²) in [7, 11) is 0. The van der Waals surface area contributed by atoms with E-state index >= 15 is 0 Å². The third-order valence-corrected chi connectivity index (χ3v) is 2.91. The van der Waals surface area contributed by atoms with Crippen LogP contribution in [0.2, 0.25) is 5.15 Å². The SMILES string of the molecule is O=C(CCC1CCCO1)Nc1cccc(Cl)n1. The normalized spacial score (nSPS) is 19.2. The van der Waals surface area contributed by atoms with Gasteiger partial charge < -0.3 is 10.1 Å². The van der Waals surface area contributed by atoms with Crippen molar-refractivity contribution in [1.29, 1.82) is 0 Å². The molecule has 1 saturated heterocycles. The largest absolute Gasteiger partial charge is 0.378 e. The molecule has 1 aromatic rings. The minimum atomic E-state index is -0.0460. The summed E-state index contributed by atoms with van der Waals surface area (Å²) in [6, 6.07) is 5.14. The van der Waals surface area contributed by atoms with Gasteiger partial charge in [-0.3, -0.25) is 4.79 Å². The van der Waals surface area contributed by atoms with Gasteiger partial charge in [-0.05, 0) is 31.4 Å². The molecule has 2 heterocycles. The van der Waals surface area contributed by atoms with Crippen molar-refractivity contribution in [2.24, 2.45) is 0 Å². The van der Waals surface area contributed by atoms with E-state index in [-0.39, 0.29) is 12.0 Å². The molecule has 4 nitrogen and oxygen atoms in total. The van der Waals surface area contributed by atoms with Gasteiger partial charge in [0, 0.05) is 13.0 Å². The standard InChI is InChI=1S/C12H15ClN2O2/c13-10-4-1-5-11(14-10)15-12(16)7-6-9-3-2-8-17-9/h1,4-5,9H,2-3,6-8H2,(H,14,15,16). The quantitative estimate of drug-likeness (QED) is 0.841. The number of hydrogen-bond donors (Lipinski definition) is 1. The van der Waals surface area contributed by atoms with Gasteiger partial charge in [0.25, 0.3) is 0 Å². The highest BCUT2D eigenvalue weighted by molar-refractivity contribution is 6.29. The van der Waals surface area contributed by atoms with Crippen LogP contribution in [0.15, 0.2) is 18.2 Å². The van der Waals surface area contributed by atoms with Gasteiger partial charge in [-0.25, -0.2) is 4.98 Å². The molecule has 0 saturated carbocycles. The number of aromatic nitrogens is 1. The van der Waals surface area contributed by atoms with Crippen molar-refractivity contribution in [2.45, 2.75) is 31.8 Å². The van der Waals surface area contributed by atoms with E-state index in [1.165, 1.54) is 0 Å². The van der Waals surface area contributed by atoms with Crippen molar-refractivity contribution in [3.63, 3.8) is 0 Å². The molecule has 0 bridgehead atoms. The number of carbonyl (C=O) groups excluding carboxylic acids is 1. The zero-order chi connectivity index (χ0) is 12.1. The lowest BCUT2D eigenvalue weighted by Crippen LogP contribution is -2.15. The van der Waals surface area contributed by atoms with Gasteiger partial charge in [-0.1, -0.05) is 17.7 Å². The number of carbonyl (C=O) groups is 1. The second-order valence-electron chi connectivity index (χ2n) is 4.07. The van der Waals surface area contributed by atoms with Crippen LogP contribution in [0, 0.1) is 0 Å². The molecule has 1 fully saturated rings. The van der Waals surface area contributed by atoms with Gasteiger partial charge in [0.05, 0.1) is 6.10 Å². The van der Waals surface area contributed by atoms with Crippen LogP contribution in [0.5, 0.6) is 0 Å². The molecule has 1 aromatic heterocycles. The van der Waals surface area contributed by atoms with E-state index < -0.39 is 0 Å². The number of nitrogens with zero attached hydrogens (tertiary/aromatic N) is 1. The number of halogens is 1. The number of rotatable bonds is 4. The molecule has 5 heteroatoms. The van der Waals surface area contributed by atoms with E-state index in [0.717, 1.165) is 25.9 Å². The second-order valence-corrected chi connectivity index (χ2v) is 4.45. The summed E-state index contributed by atoms with van der Waals surface area (Å²) >= 11 is 5.73. The van der Waals surface area contributed by atoms with E-state index in [2.05, 4.69) is 10.3 Å². The van der Waals surface area contributed by atoms with E-state index in [4.69, 9.17) is 16.3 Å². The predicted molar refractivity (Wildman–Crippen MR) is 66.1 cm³/mol. The van der Waals surface area contributed by atoms with E-state index in [1.54, 1.807) is 18.2 Å². The van der Waals surface area contributed by atoms with Crippen LogP contribution in [0.4, 0.5) is 5.82 Å². The Kier molecular flexibility index (Phi) is 4.34. The van der Waals surface area contributed by atoms with Gasteiger partial charge in [-0.15, -0.1) is 0 Å². The fraction of sp³-hybridized carbons (Fsp3) is 0.500. The zero-order valence-electron chi connectivity index (χ0n) is 9.49. The lowest BCUT2D eigenvalue weighted by Gasteiger charge is -2.09. The van der Waals surface area contributed by atoms with Gasteiger partial charge in [0.2, 0.25) is 5.91 Å². The Bertz CT molecular complexity index is 392. The molecule has 1 atom stereocenters. The smallest absolute Gasteiger partial charge is 0.225 e. The molecule has 0 spiro atoms. The molecule has 0 aromatic carbocycles. The summed E-state index contributed by atoms with van der Waals surface area (Å²) in [5.74, 6) is 0.449. The number of ether oxygens (including phenoxy) is 1. The lowest BCUT2D eigenvalue weighted by molar-refractivity contribution is -0.116. The number of nitrogens with one attached hydrogen (secondary N) is 1. The molecule has 1 aliphatic heterocycles. The maximum Gasteiger partial charge on any atom is 0.225 e. The average molecular weight is 255 g/mol. The molecular weight excluding hydrogens is 240 g/mol. The summed E-state index contributed by atoms with van der Waals surface area (Å²) in [4.78, 5) is 15.6. The summed E-state index contributed by atoms with van der Waals surface area (Å²) < 4.78 is 5.46. The fourth-order valence-electron chi connectivity index (χ4n) is 1.85. The zero-order valence-corrected chi connectivity index (χ0v) is 10.2. The van der Waals surface area contributed by atoms with Gasteiger partial charge >= 0.3 is 0 Å². The van der Waals surface area contributed by atoms with Crippen molar-refractivity contribution >= 4 is 23.3 Å². The summed E-state index contributed by atoms with van der Waals surface area (Å²) in [5, 5.41) is 3.09. The Morgan fingerprint density at radius 3 is 3.18 bits per heavy atom. The van der Waals surface area contributed by atoms with E-state index in [9.17, 15) is 4.79 Å². The molecule has 17 heavy (non-hydrogen) atoms. The highest BCUT2D eigenvalue weighted by Gasteiger charge is 2.16. The van der Waals surface area contributed by atoms with Crippen molar-refractivity contribution in [2.75, 3.05) is 11.9 Å². The van der Waals surface area contributed by atoms with Crippen molar-refractivity contribution in [3.05, 3.63) is 23.4 Å². The first-order valence-corrected chi connectivity index (χ1v) is 6.16. The van der Waals surface area contributed by atoms with Crippen LogP contribution in [-0.4, -0.2) is 23.6 Å². The van der Waals surface area contributed by atoms with Crippen LogP contribution in [-0.2, 0) is 9.53 Å². The molecule has 1 aliphatic rings. The molecule has 1 N–H and O–H groups in total. The molecule has 1 amide bonds. The Morgan fingerprint density at radius 1 is 1.59 bits per heavy atom. The second kappa shape index (κ2) is 5.98. The first kappa shape index (κ1) is 12.3. The Balaban J connectivity index is 1.76. The van der Waals surface area contributed by atoms with E-state index in [0.29, 0.717) is 17.4 Å². The Morgan fingerprint density at radius 2 is 2.47 bits per heavy atom. The van der Waals surface area contributed by atoms with Gasteiger partial charge in [0.1, 0.15) is 11.0 Å². The Labute approximate surface area is 105 Å². The van der Waals surface area contributed by atoms with Gasteiger partial charge in [-0.2, -0.15) is 0 Å². The van der Waals surface area contributed by atoms with Crippen molar-refractivity contribution in [3.8, 4) is 0 Å². The number of anilines is 1. The molecule has 1 unspecified atom stereocenters. The predicted octanol–water partition coefficient (Wildman–Crippen LogP) is 2.63. The minimum Gasteiger partial charge on any atom is -0.378 e. The number of hydrogen-bond acceptors (Lipinski definition) is 3. The fourth-order valence-corrected chi connectivity index (χ4v) is 2.01. The van der Waals surface area contributed by atoms with E-state index in [1.807, 2.05) is 0 Å². The monoisotopic (exact) mass is 254 g/mol. The molecule has 2 rings (SSSR count). The van der Waals surface area contributed by atoms with Crippen molar-refractivity contribution < 1.29 is 9.53 Å². The minimum absolute atomic E-state index is 0.0460. The van der Waals surface area contributed by atoms with Crippen LogP contribution >= 0.6 is 11.6 Å². The summed E-state index contributed by atoms with van der Waals surface area (Å²) in [6.07, 6.45) is 3.63. The van der Waals surface area contributed by atoms with Crippen LogP contribution < -0.4 is 5.32 Å². The molecule has 0 radical (unpaired) electrons. The lowest BCUT2D eigenvalue weighted by atomic mass is 10.1. The summed E-state index contributed by atoms with van der Waals surface area (Å²) in [6.45, 7) is 0.822. The first-order valence-electron chi connectivity index (χ1n) is 5.78. The summed E-state index contributed by atoms with van der Waals surface area (Å²) in [5.41, 5.74) is 0. The highest BCUT2D eigenvalue weighted by atomic mass is 35.5. The third-order valence-electron chi connectivity index (χ3n) is 2.70. The topological polar surface area (TPSA) is 51.2 Å². The maximum atomic E-state index is 11.6. The van der Waals surface area contributed by atoms with Crippen molar-refractivity contribution in [1.82, 2.24) is 4.98 Å². The van der Waals surface area contributed by atoms with Crippen LogP contribution in [0.1, 0.15) is 25.7 Å². The number of amides is 1. The third kappa shape index (κ3) is 3.98. The van der Waals surface area contributed by atoms with Crippen LogP contribution in [0.3, 0.4) is 0 Å². The Hall–Kier alpha value is -1.13. The highest BCUT2D eigenvalue weighted by Crippen LogP contribution is 2.17. The van der Waals surface area contributed by atoms with Crippen LogP contribution in [0.25, 0.3) is 0 Å². The van der Waals surface area contributed by atoms with Gasteiger partial charge in [0.15, 0.2) is 0 Å². The molecular formula is C12H15ClN2O2. The average Bonchev–Trinajstić information content (AvgIpc) is 2.79. The maximum absolute atomic E-state index is 11.6.